The quantitative estimate of drug-likeness (QED) is 0.253. The van der Waals surface area contributed by atoms with Gasteiger partial charge in [-0.15, -0.1) is 0 Å². The van der Waals surface area contributed by atoms with Gasteiger partial charge in [0, 0.05) is 27.5 Å². The summed E-state index contributed by atoms with van der Waals surface area (Å²) in [5.41, 5.74) is 6.11. The number of rotatable bonds is 4. The summed E-state index contributed by atoms with van der Waals surface area (Å²) in [4.78, 5) is 9.83. The van der Waals surface area contributed by atoms with Crippen LogP contribution in [0.5, 0.6) is 0 Å². The van der Waals surface area contributed by atoms with Crippen LogP contribution in [0.25, 0.3) is 67.0 Å². The number of fused-ring (bicyclic) bond motifs is 3. The van der Waals surface area contributed by atoms with Gasteiger partial charge in [-0.3, -0.25) is 0 Å². The number of benzene rings is 5. The molecule has 0 unspecified atom stereocenters. The highest BCUT2D eigenvalue weighted by molar-refractivity contribution is 6.12. The molecule has 0 amide bonds. The van der Waals surface area contributed by atoms with E-state index in [2.05, 4.69) is 0 Å². The maximum Gasteiger partial charge on any atom is 0.160 e. The summed E-state index contributed by atoms with van der Waals surface area (Å²) in [6.07, 6.45) is 0. The molecule has 0 aliphatic heterocycles. The molecule has 3 heteroatoms. The average Bonchev–Trinajstić information content (AvgIpc) is 3.42. The first-order valence-electron chi connectivity index (χ1n) is 14.4. The Kier molecular flexibility index (Phi) is 3.99. The van der Waals surface area contributed by atoms with Gasteiger partial charge in [0.15, 0.2) is 5.82 Å². The Morgan fingerprint density at radius 2 is 1.22 bits per heavy atom. The summed E-state index contributed by atoms with van der Waals surface area (Å²) >= 11 is 0. The number of aromatic nitrogens is 2. The molecular formula is C34H22N2O. The summed E-state index contributed by atoms with van der Waals surface area (Å²) in [6.45, 7) is 0. The highest BCUT2D eigenvalue weighted by atomic mass is 16.3. The molecule has 174 valence electrons. The smallest absolute Gasteiger partial charge is 0.160 e. The summed E-state index contributed by atoms with van der Waals surface area (Å²) < 4.78 is 47.6. The molecule has 37 heavy (non-hydrogen) atoms. The minimum Gasteiger partial charge on any atom is -0.456 e. The van der Waals surface area contributed by atoms with Crippen LogP contribution in [0.15, 0.2) is 138 Å². The van der Waals surface area contributed by atoms with E-state index in [1.165, 1.54) is 0 Å². The molecule has 0 fully saturated rings. The van der Waals surface area contributed by atoms with E-state index >= 15 is 0 Å². The maximum atomic E-state index is 8.52. The Hall–Kier alpha value is -5.02. The van der Waals surface area contributed by atoms with Crippen LogP contribution < -0.4 is 0 Å². The highest BCUT2D eigenvalue weighted by Gasteiger charge is 2.15. The van der Waals surface area contributed by atoms with Crippen LogP contribution in [0.3, 0.4) is 0 Å². The van der Waals surface area contributed by atoms with Gasteiger partial charge in [-0.1, -0.05) is 109 Å². The third-order valence-electron chi connectivity index (χ3n) is 6.39. The molecule has 0 spiro atoms. The average molecular weight is 480 g/mol. The van der Waals surface area contributed by atoms with Crippen molar-refractivity contribution in [2.45, 2.75) is 0 Å². The predicted octanol–water partition coefficient (Wildman–Crippen LogP) is 9.04. The van der Waals surface area contributed by atoms with Crippen LogP contribution in [-0.2, 0) is 0 Å². The van der Waals surface area contributed by atoms with E-state index in [1.807, 2.05) is 91.0 Å². The summed E-state index contributed by atoms with van der Waals surface area (Å²) in [5.74, 6) is 0.545. The van der Waals surface area contributed by atoms with Gasteiger partial charge in [0.2, 0.25) is 0 Å². The number of furan rings is 1. The fourth-order valence-corrected chi connectivity index (χ4v) is 4.65. The molecule has 2 aromatic heterocycles. The lowest BCUT2D eigenvalue weighted by Crippen LogP contribution is -1.95. The molecule has 0 radical (unpaired) electrons. The lowest BCUT2D eigenvalue weighted by molar-refractivity contribution is 0.669. The fourth-order valence-electron chi connectivity index (χ4n) is 4.65. The monoisotopic (exact) mass is 479 g/mol. The van der Waals surface area contributed by atoms with Crippen LogP contribution in [0.4, 0.5) is 0 Å². The third kappa shape index (κ3) is 3.87. The summed E-state index contributed by atoms with van der Waals surface area (Å²) in [7, 11) is 0. The fraction of sp³-hybridized carbons (Fsp3) is 0. The zero-order chi connectivity index (χ0) is 29.0. The molecule has 3 nitrogen and oxygen atoms in total. The van der Waals surface area contributed by atoms with Crippen molar-refractivity contribution in [1.82, 2.24) is 9.97 Å². The Morgan fingerprint density at radius 3 is 1.89 bits per heavy atom. The zero-order valence-corrected chi connectivity index (χ0v) is 19.6. The van der Waals surface area contributed by atoms with Crippen molar-refractivity contribution in [2.75, 3.05) is 0 Å². The molecule has 0 saturated heterocycles. The molecule has 7 rings (SSSR count). The second kappa shape index (κ2) is 8.89. The van der Waals surface area contributed by atoms with Crippen LogP contribution in [0.2, 0.25) is 0 Å². The molecule has 2 heterocycles. The van der Waals surface area contributed by atoms with Crippen LogP contribution in [-0.4, -0.2) is 9.97 Å². The van der Waals surface area contributed by atoms with Crippen molar-refractivity contribution in [1.29, 1.82) is 0 Å². The van der Waals surface area contributed by atoms with Crippen LogP contribution in [0, 0.1) is 0 Å². The van der Waals surface area contributed by atoms with E-state index in [0.29, 0.717) is 27.9 Å². The molecule has 0 N–H and O–H groups in total. The van der Waals surface area contributed by atoms with Crippen molar-refractivity contribution in [3.8, 4) is 45.0 Å². The molecule has 0 atom stereocenters. The second-order valence-electron chi connectivity index (χ2n) is 8.69. The second-order valence-corrected chi connectivity index (χ2v) is 8.69. The van der Waals surface area contributed by atoms with Gasteiger partial charge in [-0.05, 0) is 35.4 Å². The summed E-state index contributed by atoms with van der Waals surface area (Å²) in [5, 5.41) is 1.44. The van der Waals surface area contributed by atoms with Crippen molar-refractivity contribution in [2.24, 2.45) is 0 Å². The Morgan fingerprint density at radius 1 is 0.541 bits per heavy atom. The lowest BCUT2D eigenvalue weighted by atomic mass is 9.99. The molecular weight excluding hydrogens is 452 g/mol. The third-order valence-corrected chi connectivity index (χ3v) is 6.39. The topological polar surface area (TPSA) is 38.9 Å². The van der Waals surface area contributed by atoms with Crippen molar-refractivity contribution >= 4 is 21.9 Å². The van der Waals surface area contributed by atoms with Crippen LogP contribution >= 0.6 is 0 Å². The van der Waals surface area contributed by atoms with Gasteiger partial charge in [-0.25, -0.2) is 9.97 Å². The Labute approximate surface area is 221 Å². The molecule has 0 saturated carbocycles. The molecule has 0 bridgehead atoms. The van der Waals surface area contributed by atoms with Gasteiger partial charge in [-0.2, -0.15) is 0 Å². The molecule has 0 aliphatic carbocycles. The maximum absolute atomic E-state index is 8.52. The number of hydrogen-bond acceptors (Lipinski definition) is 3. The normalized spacial score (nSPS) is 13.1. The Bertz CT molecular complexity index is 2060. The molecule has 0 aliphatic rings. The SMILES string of the molecule is [2H]c1c([2H])c([2H])c(-c2cccc3oc4cc(-c5nc(-c6ccccc6)cc(-c6ccccc6)n5)ccc4c23)c([2H])c1[2H]. The predicted molar refractivity (Wildman–Crippen MR) is 151 cm³/mol. The van der Waals surface area contributed by atoms with Crippen molar-refractivity contribution in [3.05, 3.63) is 133 Å². The molecule has 7 aromatic rings. The van der Waals surface area contributed by atoms with Crippen LogP contribution in [0.1, 0.15) is 6.85 Å². The Balaban J connectivity index is 1.43. The van der Waals surface area contributed by atoms with Crippen molar-refractivity contribution < 1.29 is 11.3 Å². The summed E-state index contributed by atoms with van der Waals surface area (Å²) in [6, 6.07) is 31.3. The first-order chi connectivity index (χ1) is 20.4. The van der Waals surface area contributed by atoms with E-state index in [9.17, 15) is 0 Å². The van der Waals surface area contributed by atoms with E-state index in [4.69, 9.17) is 21.2 Å². The first-order valence-corrected chi connectivity index (χ1v) is 11.9. The van der Waals surface area contributed by atoms with Gasteiger partial charge in [0.1, 0.15) is 11.2 Å². The van der Waals surface area contributed by atoms with E-state index in [0.717, 1.165) is 33.5 Å². The standard InChI is InChI=1S/C34H22N2O/c1-4-11-23(12-5-1)27-17-10-18-31-33(27)28-20-19-26(21-32(28)37-31)34-35-29(24-13-6-2-7-14-24)22-30(36-34)25-15-8-3-9-16-25/h1-22H/i1D,4D,5D,11D,12D. The number of hydrogen-bond donors (Lipinski definition) is 0. The van der Waals surface area contributed by atoms with Gasteiger partial charge >= 0.3 is 0 Å². The van der Waals surface area contributed by atoms with Gasteiger partial charge < -0.3 is 4.42 Å². The van der Waals surface area contributed by atoms with Gasteiger partial charge in [0.25, 0.3) is 0 Å². The van der Waals surface area contributed by atoms with E-state index in [-0.39, 0.29) is 29.7 Å². The van der Waals surface area contributed by atoms with Crippen molar-refractivity contribution in [3.63, 3.8) is 0 Å². The molecule has 5 aromatic carbocycles. The minimum absolute atomic E-state index is 0.143. The van der Waals surface area contributed by atoms with Gasteiger partial charge in [0.05, 0.1) is 18.2 Å². The lowest BCUT2D eigenvalue weighted by Gasteiger charge is -2.09. The minimum atomic E-state index is -0.421. The van der Waals surface area contributed by atoms with E-state index < -0.39 is 6.04 Å². The zero-order valence-electron chi connectivity index (χ0n) is 24.6. The van der Waals surface area contributed by atoms with E-state index in [1.54, 1.807) is 12.1 Å². The number of nitrogens with zero attached hydrogens (tertiary/aromatic N) is 2. The largest absolute Gasteiger partial charge is 0.456 e. The first kappa shape index (κ1) is 16.6. The highest BCUT2D eigenvalue weighted by Crippen LogP contribution is 2.38.